The van der Waals surface area contributed by atoms with Crippen molar-refractivity contribution in [3.63, 3.8) is 0 Å². The van der Waals surface area contributed by atoms with E-state index in [1.807, 2.05) is 67.3 Å². The van der Waals surface area contributed by atoms with Crippen molar-refractivity contribution in [2.24, 2.45) is 0 Å². The fourth-order valence-electron chi connectivity index (χ4n) is 3.80. The molecule has 0 amide bonds. The summed E-state index contributed by atoms with van der Waals surface area (Å²) < 4.78 is 11.8. The topological polar surface area (TPSA) is 75.8 Å². The minimum atomic E-state index is -0.745. The van der Waals surface area contributed by atoms with Crippen molar-refractivity contribution < 1.29 is 19.1 Å². The van der Waals surface area contributed by atoms with Gasteiger partial charge >= 0.3 is 5.97 Å². The zero-order valence-corrected chi connectivity index (χ0v) is 17.3. The van der Waals surface area contributed by atoms with Gasteiger partial charge in [-0.05, 0) is 63.1 Å². The van der Waals surface area contributed by atoms with Crippen LogP contribution in [0.4, 0.5) is 0 Å². The van der Waals surface area contributed by atoms with E-state index in [1.165, 1.54) is 5.56 Å². The third-order valence-corrected chi connectivity index (χ3v) is 5.50. The molecule has 1 saturated heterocycles. The first kappa shape index (κ1) is 20.2. The van der Waals surface area contributed by atoms with Crippen LogP contribution in [0.1, 0.15) is 35.4 Å². The van der Waals surface area contributed by atoms with Crippen molar-refractivity contribution in [2.75, 3.05) is 6.54 Å². The largest absolute Gasteiger partial charge is 0.487 e. The molecule has 3 aromatic rings. The molecule has 0 aliphatic carbocycles. The fourth-order valence-corrected chi connectivity index (χ4v) is 3.80. The highest BCUT2D eigenvalue weighted by molar-refractivity contribution is 5.73. The van der Waals surface area contributed by atoms with Crippen molar-refractivity contribution in [1.82, 2.24) is 9.88 Å². The molecule has 1 aliphatic rings. The normalized spacial score (nSPS) is 16.7. The van der Waals surface area contributed by atoms with E-state index < -0.39 is 12.0 Å². The first-order chi connectivity index (χ1) is 14.5. The summed E-state index contributed by atoms with van der Waals surface area (Å²) in [6.45, 7) is 5.66. The average Bonchev–Trinajstić information content (AvgIpc) is 3.34. The van der Waals surface area contributed by atoms with Gasteiger partial charge in [0.1, 0.15) is 29.9 Å². The summed E-state index contributed by atoms with van der Waals surface area (Å²) >= 11 is 0. The van der Waals surface area contributed by atoms with Gasteiger partial charge in [0.05, 0.1) is 0 Å². The molecular formula is C24H26N2O4. The van der Waals surface area contributed by atoms with Crippen LogP contribution in [0.25, 0.3) is 11.5 Å². The molecule has 0 bridgehead atoms. The van der Waals surface area contributed by atoms with Crippen LogP contribution in [0.2, 0.25) is 0 Å². The molecule has 156 valence electrons. The highest BCUT2D eigenvalue weighted by Gasteiger charge is 2.30. The lowest BCUT2D eigenvalue weighted by Gasteiger charge is -2.21. The molecule has 2 aromatic carbocycles. The quantitative estimate of drug-likeness (QED) is 0.619. The Balaban J connectivity index is 1.41. The van der Waals surface area contributed by atoms with Crippen molar-refractivity contribution in [3.05, 3.63) is 71.1 Å². The lowest BCUT2D eigenvalue weighted by atomic mass is 10.1. The average molecular weight is 406 g/mol. The van der Waals surface area contributed by atoms with Crippen LogP contribution in [0.5, 0.6) is 5.75 Å². The van der Waals surface area contributed by atoms with Gasteiger partial charge in [0.25, 0.3) is 0 Å². The maximum atomic E-state index is 11.4. The number of carboxylic acids is 1. The van der Waals surface area contributed by atoms with Crippen LogP contribution in [0.15, 0.2) is 52.9 Å². The molecule has 6 heteroatoms. The standard InChI is InChI=1S/C24H26N2O4/c1-16-8-10-19(11-9-16)23-25-21(17(2)30-23)15-29-20-6-3-5-18(13-20)14-26-12-4-7-22(26)24(27)28/h3,5-6,8-11,13,22H,4,7,12,14-15H2,1-2H3,(H,27,28). The van der Waals surface area contributed by atoms with E-state index in [0.29, 0.717) is 25.5 Å². The highest BCUT2D eigenvalue weighted by Crippen LogP contribution is 2.25. The van der Waals surface area contributed by atoms with Crippen molar-refractivity contribution in [3.8, 4) is 17.2 Å². The number of aliphatic carboxylic acids is 1. The molecule has 1 aromatic heterocycles. The lowest BCUT2D eigenvalue weighted by molar-refractivity contribution is -0.142. The predicted octanol–water partition coefficient (Wildman–Crippen LogP) is 4.59. The highest BCUT2D eigenvalue weighted by atomic mass is 16.5. The van der Waals surface area contributed by atoms with E-state index in [9.17, 15) is 9.90 Å². The summed E-state index contributed by atoms with van der Waals surface area (Å²) in [6, 6.07) is 15.5. The zero-order chi connectivity index (χ0) is 21.1. The third kappa shape index (κ3) is 4.54. The Kier molecular flexibility index (Phi) is 5.86. The second-order valence-corrected chi connectivity index (χ2v) is 7.79. The number of aromatic nitrogens is 1. The summed E-state index contributed by atoms with van der Waals surface area (Å²) in [7, 11) is 0. The minimum absolute atomic E-state index is 0.312. The summed E-state index contributed by atoms with van der Waals surface area (Å²) in [6.07, 6.45) is 1.63. The Hall–Kier alpha value is -3.12. The van der Waals surface area contributed by atoms with Crippen LogP contribution in [0.3, 0.4) is 0 Å². The van der Waals surface area contributed by atoms with E-state index in [-0.39, 0.29) is 0 Å². The zero-order valence-electron chi connectivity index (χ0n) is 17.3. The van der Waals surface area contributed by atoms with Crippen LogP contribution in [-0.4, -0.2) is 33.5 Å². The molecule has 1 atom stereocenters. The molecule has 0 radical (unpaired) electrons. The molecule has 0 spiro atoms. The summed E-state index contributed by atoms with van der Waals surface area (Å²) in [4.78, 5) is 18.0. The van der Waals surface area contributed by atoms with E-state index >= 15 is 0 Å². The first-order valence-corrected chi connectivity index (χ1v) is 10.2. The molecule has 1 N–H and O–H groups in total. The number of likely N-dealkylation sites (tertiary alicyclic amines) is 1. The van der Waals surface area contributed by atoms with Crippen molar-refractivity contribution >= 4 is 5.97 Å². The van der Waals surface area contributed by atoms with Crippen molar-refractivity contribution in [2.45, 2.75) is 45.9 Å². The molecule has 30 heavy (non-hydrogen) atoms. The van der Waals surface area contributed by atoms with Gasteiger partial charge in [-0.25, -0.2) is 4.98 Å². The van der Waals surface area contributed by atoms with E-state index in [1.54, 1.807) is 0 Å². The summed E-state index contributed by atoms with van der Waals surface area (Å²) in [5.74, 6) is 1.32. The van der Waals surface area contributed by atoms with Gasteiger partial charge in [-0.3, -0.25) is 9.69 Å². The van der Waals surface area contributed by atoms with E-state index in [0.717, 1.165) is 41.3 Å². The second-order valence-electron chi connectivity index (χ2n) is 7.79. The smallest absolute Gasteiger partial charge is 0.320 e. The SMILES string of the molecule is Cc1ccc(-c2nc(COc3cccc(CN4CCCC4C(=O)O)c3)c(C)o2)cc1. The maximum absolute atomic E-state index is 11.4. The van der Waals surface area contributed by atoms with Gasteiger partial charge in [0.2, 0.25) is 5.89 Å². The number of oxazole rings is 1. The number of hydrogen-bond acceptors (Lipinski definition) is 5. The Labute approximate surface area is 176 Å². The molecule has 1 unspecified atom stereocenters. The van der Waals surface area contributed by atoms with Gasteiger partial charge in [0, 0.05) is 12.1 Å². The number of aryl methyl sites for hydroxylation is 2. The fraction of sp³-hybridized carbons (Fsp3) is 0.333. The van der Waals surface area contributed by atoms with Gasteiger partial charge in [-0.2, -0.15) is 0 Å². The first-order valence-electron chi connectivity index (χ1n) is 10.2. The molecule has 4 rings (SSSR count). The number of carboxylic acid groups (broad SMARTS) is 1. The molecule has 1 fully saturated rings. The number of nitrogens with zero attached hydrogens (tertiary/aromatic N) is 2. The Bertz CT molecular complexity index is 1030. The monoisotopic (exact) mass is 406 g/mol. The third-order valence-electron chi connectivity index (χ3n) is 5.50. The molecule has 1 aliphatic heterocycles. The van der Waals surface area contributed by atoms with Crippen LogP contribution in [-0.2, 0) is 17.9 Å². The van der Waals surface area contributed by atoms with Gasteiger partial charge in [-0.1, -0.05) is 29.8 Å². The van der Waals surface area contributed by atoms with E-state index in [2.05, 4.69) is 4.98 Å². The number of benzene rings is 2. The Morgan fingerprint density at radius 2 is 2.03 bits per heavy atom. The second kappa shape index (κ2) is 8.71. The predicted molar refractivity (Wildman–Crippen MR) is 113 cm³/mol. The molecular weight excluding hydrogens is 380 g/mol. The van der Waals surface area contributed by atoms with Crippen LogP contribution >= 0.6 is 0 Å². The number of rotatable bonds is 7. The van der Waals surface area contributed by atoms with Gasteiger partial charge in [0.15, 0.2) is 0 Å². The van der Waals surface area contributed by atoms with Crippen LogP contribution < -0.4 is 4.74 Å². The van der Waals surface area contributed by atoms with Crippen molar-refractivity contribution in [1.29, 1.82) is 0 Å². The number of carbonyl (C=O) groups is 1. The van der Waals surface area contributed by atoms with Gasteiger partial charge < -0.3 is 14.3 Å². The van der Waals surface area contributed by atoms with E-state index in [4.69, 9.17) is 9.15 Å². The van der Waals surface area contributed by atoms with Crippen LogP contribution in [0, 0.1) is 13.8 Å². The molecule has 6 nitrogen and oxygen atoms in total. The lowest BCUT2D eigenvalue weighted by Crippen LogP contribution is -2.35. The number of ether oxygens (including phenoxy) is 1. The number of hydrogen-bond donors (Lipinski definition) is 1. The molecule has 0 saturated carbocycles. The maximum Gasteiger partial charge on any atom is 0.320 e. The van der Waals surface area contributed by atoms with Gasteiger partial charge in [-0.15, -0.1) is 0 Å². The Morgan fingerprint density at radius 1 is 1.23 bits per heavy atom. The molecule has 2 heterocycles. The summed E-state index contributed by atoms with van der Waals surface area (Å²) in [5, 5.41) is 9.37. The summed E-state index contributed by atoms with van der Waals surface area (Å²) in [5.41, 5.74) is 3.93. The minimum Gasteiger partial charge on any atom is -0.487 e. The Morgan fingerprint density at radius 3 is 2.80 bits per heavy atom.